The van der Waals surface area contributed by atoms with Crippen molar-refractivity contribution in [3.8, 4) is 11.5 Å². The fourth-order valence-corrected chi connectivity index (χ4v) is 2.93. The zero-order valence-corrected chi connectivity index (χ0v) is 17.3. The summed E-state index contributed by atoms with van der Waals surface area (Å²) in [6.45, 7) is 13.0. The standard InChI is InChI=1S/C22H31NO4/c1-7-11-25-19-10-9-18(13-20(19)26-12-8-2)15(4)23-22(24)21-14(3)16(5)27-17(21)6/h9-10,13,15H,7-8,11-12H2,1-6H3,(H,23,24). The van der Waals surface area contributed by atoms with Crippen molar-refractivity contribution < 1.29 is 18.7 Å². The van der Waals surface area contributed by atoms with Crippen molar-refractivity contribution >= 4 is 5.91 Å². The van der Waals surface area contributed by atoms with Crippen LogP contribution >= 0.6 is 0 Å². The Bertz CT molecular complexity index is 779. The average molecular weight is 373 g/mol. The van der Waals surface area contributed by atoms with Crippen LogP contribution in [0, 0.1) is 20.8 Å². The van der Waals surface area contributed by atoms with Crippen LogP contribution in [0.2, 0.25) is 0 Å². The second kappa shape index (κ2) is 9.49. The second-order valence-electron chi connectivity index (χ2n) is 6.81. The van der Waals surface area contributed by atoms with Crippen molar-refractivity contribution in [3.63, 3.8) is 0 Å². The molecule has 0 saturated carbocycles. The van der Waals surface area contributed by atoms with Crippen molar-refractivity contribution in [2.24, 2.45) is 0 Å². The fourth-order valence-electron chi connectivity index (χ4n) is 2.93. The summed E-state index contributed by atoms with van der Waals surface area (Å²) in [7, 11) is 0. The highest BCUT2D eigenvalue weighted by Crippen LogP contribution is 2.31. The van der Waals surface area contributed by atoms with Crippen LogP contribution in [0.1, 0.15) is 72.7 Å². The number of hydrogen-bond donors (Lipinski definition) is 1. The molecular weight excluding hydrogens is 342 g/mol. The van der Waals surface area contributed by atoms with Gasteiger partial charge in [0.05, 0.1) is 24.8 Å². The van der Waals surface area contributed by atoms with Gasteiger partial charge in [-0.05, 0) is 58.2 Å². The Morgan fingerprint density at radius 2 is 1.67 bits per heavy atom. The summed E-state index contributed by atoms with van der Waals surface area (Å²) in [5.74, 6) is 2.75. The summed E-state index contributed by atoms with van der Waals surface area (Å²) in [4.78, 5) is 12.7. The lowest BCUT2D eigenvalue weighted by molar-refractivity contribution is 0.0937. The Labute approximate surface area is 162 Å². The minimum absolute atomic E-state index is 0.128. The maximum absolute atomic E-state index is 12.7. The third-order valence-electron chi connectivity index (χ3n) is 4.53. The van der Waals surface area contributed by atoms with Crippen LogP contribution in [-0.4, -0.2) is 19.1 Å². The smallest absolute Gasteiger partial charge is 0.255 e. The lowest BCUT2D eigenvalue weighted by atomic mass is 10.1. The second-order valence-corrected chi connectivity index (χ2v) is 6.81. The fraction of sp³-hybridized carbons (Fsp3) is 0.500. The number of amides is 1. The van der Waals surface area contributed by atoms with Gasteiger partial charge in [0.15, 0.2) is 11.5 Å². The molecule has 1 N–H and O–H groups in total. The Balaban J connectivity index is 2.19. The minimum Gasteiger partial charge on any atom is -0.490 e. The predicted octanol–water partition coefficient (Wildman–Crippen LogP) is 5.27. The third-order valence-corrected chi connectivity index (χ3v) is 4.53. The molecule has 5 nitrogen and oxygen atoms in total. The first kappa shape index (κ1) is 20.9. The van der Waals surface area contributed by atoms with Gasteiger partial charge >= 0.3 is 0 Å². The van der Waals surface area contributed by atoms with Crippen LogP contribution in [0.4, 0.5) is 0 Å². The zero-order chi connectivity index (χ0) is 20.0. The topological polar surface area (TPSA) is 60.7 Å². The van der Waals surface area contributed by atoms with Gasteiger partial charge in [-0.3, -0.25) is 4.79 Å². The average Bonchev–Trinajstić information content (AvgIpc) is 2.90. The molecular formula is C22H31NO4. The molecule has 0 aliphatic carbocycles. The first-order valence-corrected chi connectivity index (χ1v) is 9.65. The van der Waals surface area contributed by atoms with Crippen molar-refractivity contribution in [2.45, 2.75) is 60.4 Å². The number of ether oxygens (including phenoxy) is 2. The summed E-state index contributed by atoms with van der Waals surface area (Å²) < 4.78 is 17.2. The van der Waals surface area contributed by atoms with Crippen LogP contribution in [-0.2, 0) is 0 Å². The summed E-state index contributed by atoms with van der Waals surface area (Å²) in [6.07, 6.45) is 1.85. The van der Waals surface area contributed by atoms with E-state index in [1.54, 1.807) is 0 Å². The molecule has 1 aromatic carbocycles. The quantitative estimate of drug-likeness (QED) is 0.650. The van der Waals surface area contributed by atoms with Crippen molar-refractivity contribution in [2.75, 3.05) is 13.2 Å². The number of hydrogen-bond acceptors (Lipinski definition) is 4. The molecule has 2 aromatic rings. The van der Waals surface area contributed by atoms with Gasteiger partial charge in [-0.15, -0.1) is 0 Å². The van der Waals surface area contributed by atoms with Crippen molar-refractivity contribution in [1.82, 2.24) is 5.32 Å². The van der Waals surface area contributed by atoms with Gasteiger partial charge in [-0.1, -0.05) is 19.9 Å². The van der Waals surface area contributed by atoms with E-state index in [0.29, 0.717) is 24.5 Å². The molecule has 0 aliphatic heterocycles. The Morgan fingerprint density at radius 3 is 2.22 bits per heavy atom. The molecule has 1 unspecified atom stereocenters. The molecule has 1 heterocycles. The predicted molar refractivity (Wildman–Crippen MR) is 107 cm³/mol. The van der Waals surface area contributed by atoms with Crippen LogP contribution in [0.3, 0.4) is 0 Å². The van der Waals surface area contributed by atoms with E-state index in [0.717, 1.165) is 41.2 Å². The number of carbonyl (C=O) groups is 1. The molecule has 5 heteroatoms. The van der Waals surface area contributed by atoms with E-state index in [9.17, 15) is 4.79 Å². The maximum Gasteiger partial charge on any atom is 0.255 e. The van der Waals surface area contributed by atoms with Gasteiger partial charge in [-0.25, -0.2) is 0 Å². The number of aryl methyl sites for hydroxylation is 2. The molecule has 0 aliphatic rings. The maximum atomic E-state index is 12.7. The molecule has 0 fully saturated rings. The molecule has 1 atom stereocenters. The van der Waals surface area contributed by atoms with E-state index in [-0.39, 0.29) is 11.9 Å². The number of furan rings is 1. The summed E-state index contributed by atoms with van der Waals surface area (Å²) in [6, 6.07) is 5.66. The van der Waals surface area contributed by atoms with Gasteiger partial charge < -0.3 is 19.2 Å². The number of nitrogens with one attached hydrogen (secondary N) is 1. The van der Waals surface area contributed by atoms with Crippen molar-refractivity contribution in [1.29, 1.82) is 0 Å². The first-order valence-electron chi connectivity index (χ1n) is 9.65. The van der Waals surface area contributed by atoms with Gasteiger partial charge in [0.25, 0.3) is 5.91 Å². The molecule has 0 saturated heterocycles. The molecule has 0 spiro atoms. The van der Waals surface area contributed by atoms with Crippen LogP contribution < -0.4 is 14.8 Å². The highest BCUT2D eigenvalue weighted by molar-refractivity contribution is 5.97. The van der Waals surface area contributed by atoms with E-state index < -0.39 is 0 Å². The Hall–Kier alpha value is -2.43. The van der Waals surface area contributed by atoms with Crippen molar-refractivity contribution in [3.05, 3.63) is 46.4 Å². The highest BCUT2D eigenvalue weighted by atomic mass is 16.5. The lowest BCUT2D eigenvalue weighted by Crippen LogP contribution is -2.27. The monoisotopic (exact) mass is 373 g/mol. The molecule has 148 valence electrons. The molecule has 1 aromatic heterocycles. The molecule has 27 heavy (non-hydrogen) atoms. The molecule has 0 bridgehead atoms. The largest absolute Gasteiger partial charge is 0.490 e. The van der Waals surface area contributed by atoms with E-state index >= 15 is 0 Å². The van der Waals surface area contributed by atoms with Crippen LogP contribution in [0.25, 0.3) is 0 Å². The summed E-state index contributed by atoms with van der Waals surface area (Å²) >= 11 is 0. The van der Waals surface area contributed by atoms with Crippen LogP contribution in [0.15, 0.2) is 22.6 Å². The molecule has 2 rings (SSSR count). The summed E-state index contributed by atoms with van der Waals surface area (Å²) in [5.41, 5.74) is 2.46. The lowest BCUT2D eigenvalue weighted by Gasteiger charge is -2.18. The van der Waals surface area contributed by atoms with E-state index in [2.05, 4.69) is 19.2 Å². The Morgan fingerprint density at radius 1 is 1.04 bits per heavy atom. The van der Waals surface area contributed by atoms with Gasteiger partial charge in [0.2, 0.25) is 0 Å². The van der Waals surface area contributed by atoms with Crippen LogP contribution in [0.5, 0.6) is 11.5 Å². The normalized spacial score (nSPS) is 11.9. The number of rotatable bonds is 9. The third kappa shape index (κ3) is 5.06. The van der Waals surface area contributed by atoms with Gasteiger partial charge in [0, 0.05) is 5.56 Å². The van der Waals surface area contributed by atoms with E-state index in [1.807, 2.05) is 45.9 Å². The van der Waals surface area contributed by atoms with Gasteiger partial charge in [0.1, 0.15) is 11.5 Å². The van der Waals surface area contributed by atoms with E-state index in [4.69, 9.17) is 13.9 Å². The highest BCUT2D eigenvalue weighted by Gasteiger charge is 2.21. The molecule has 0 radical (unpaired) electrons. The number of carbonyl (C=O) groups excluding carboxylic acids is 1. The Kier molecular flexibility index (Phi) is 7.34. The number of benzene rings is 1. The van der Waals surface area contributed by atoms with Gasteiger partial charge in [-0.2, -0.15) is 0 Å². The summed E-state index contributed by atoms with van der Waals surface area (Å²) in [5, 5.41) is 3.06. The molecule has 1 amide bonds. The zero-order valence-electron chi connectivity index (χ0n) is 17.3. The first-order chi connectivity index (χ1) is 12.9. The minimum atomic E-state index is -0.171. The van der Waals surface area contributed by atoms with E-state index in [1.165, 1.54) is 0 Å². The SMILES string of the molecule is CCCOc1ccc(C(C)NC(=O)c2c(C)oc(C)c2C)cc1OCCC.